The van der Waals surface area contributed by atoms with Crippen molar-refractivity contribution in [2.45, 2.75) is 20.0 Å². The minimum Gasteiger partial charge on any atom is -0.346 e. The van der Waals surface area contributed by atoms with E-state index in [-0.39, 0.29) is 11.7 Å². The van der Waals surface area contributed by atoms with Crippen LogP contribution in [0.1, 0.15) is 17.4 Å². The van der Waals surface area contributed by atoms with E-state index < -0.39 is 0 Å². The molecule has 1 aromatic carbocycles. The Labute approximate surface area is 138 Å². The van der Waals surface area contributed by atoms with Gasteiger partial charge in [-0.05, 0) is 30.5 Å². The van der Waals surface area contributed by atoms with E-state index in [1.807, 2.05) is 24.4 Å². The largest absolute Gasteiger partial charge is 0.346 e. The van der Waals surface area contributed by atoms with Gasteiger partial charge in [0.1, 0.15) is 12.4 Å². The van der Waals surface area contributed by atoms with Gasteiger partial charge < -0.3 is 10.2 Å². The molecule has 22 heavy (non-hydrogen) atoms. The smallest absolute Gasteiger partial charge is 0.275 e. The molecule has 0 aliphatic rings. The van der Waals surface area contributed by atoms with Crippen molar-refractivity contribution in [1.29, 1.82) is 0 Å². The summed E-state index contributed by atoms with van der Waals surface area (Å²) in [7, 11) is 0. The maximum atomic E-state index is 13.8. The van der Waals surface area contributed by atoms with Crippen LogP contribution in [-0.4, -0.2) is 19.0 Å². The van der Waals surface area contributed by atoms with Gasteiger partial charge in [-0.3, -0.25) is 4.79 Å². The fourth-order valence-corrected chi connectivity index (χ4v) is 3.03. The molecule has 118 valence electrons. The summed E-state index contributed by atoms with van der Waals surface area (Å²) in [6.45, 7) is 3.92. The van der Waals surface area contributed by atoms with Gasteiger partial charge in [0.25, 0.3) is 5.91 Å². The zero-order valence-electron chi connectivity index (χ0n) is 12.4. The summed E-state index contributed by atoms with van der Waals surface area (Å²) in [5.41, 5.74) is 0.465. The number of quaternary nitrogens is 1. The van der Waals surface area contributed by atoms with Gasteiger partial charge in [-0.2, -0.15) is 0 Å². The predicted octanol–water partition coefficient (Wildman–Crippen LogP) is 2.26. The average Bonchev–Trinajstić information content (AvgIpc) is 3.01. The number of nitrogens with one attached hydrogen (secondary N) is 2. The van der Waals surface area contributed by atoms with Gasteiger partial charge in [0.2, 0.25) is 0 Å². The number of rotatable bonds is 7. The Bertz CT molecular complexity index is 598. The third-order valence-electron chi connectivity index (χ3n) is 3.44. The standard InChI is InChI=1S/C16H18ClFN2OS/c1-2-20(10-13-14(17)6-3-7-15(13)18)11-16(21)19-9-12-5-4-8-22-12/h3-8H,2,9-11H2,1H3,(H,19,21)/p+1. The molecule has 1 unspecified atom stereocenters. The van der Waals surface area contributed by atoms with Crippen LogP contribution in [0.3, 0.4) is 0 Å². The minimum atomic E-state index is -0.322. The molecule has 0 saturated heterocycles. The highest BCUT2D eigenvalue weighted by atomic mass is 35.5. The van der Waals surface area contributed by atoms with Gasteiger partial charge in [-0.1, -0.05) is 23.7 Å². The second-order valence-corrected chi connectivity index (χ2v) is 6.45. The lowest BCUT2D eigenvalue weighted by atomic mass is 10.2. The van der Waals surface area contributed by atoms with Gasteiger partial charge in [-0.25, -0.2) is 4.39 Å². The molecular formula is C16H19ClFN2OS+. The summed E-state index contributed by atoms with van der Waals surface area (Å²) in [6, 6.07) is 8.58. The van der Waals surface area contributed by atoms with Crippen LogP contribution in [0.5, 0.6) is 0 Å². The molecule has 0 radical (unpaired) electrons. The number of carbonyl (C=O) groups excluding carboxylic acids is 1. The molecule has 2 N–H and O–H groups in total. The Morgan fingerprint density at radius 3 is 2.82 bits per heavy atom. The number of thiophene rings is 1. The molecule has 0 saturated carbocycles. The van der Waals surface area contributed by atoms with Gasteiger partial charge >= 0.3 is 0 Å². The van der Waals surface area contributed by atoms with Crippen LogP contribution in [-0.2, 0) is 17.9 Å². The summed E-state index contributed by atoms with van der Waals surface area (Å²) >= 11 is 7.65. The lowest BCUT2D eigenvalue weighted by Crippen LogP contribution is -3.11. The van der Waals surface area contributed by atoms with Crippen molar-refractivity contribution in [1.82, 2.24) is 5.32 Å². The highest BCUT2D eigenvalue weighted by molar-refractivity contribution is 7.09. The van der Waals surface area contributed by atoms with Crippen LogP contribution in [0.4, 0.5) is 4.39 Å². The molecule has 3 nitrogen and oxygen atoms in total. The fraction of sp³-hybridized carbons (Fsp3) is 0.312. The zero-order valence-corrected chi connectivity index (χ0v) is 13.9. The van der Waals surface area contributed by atoms with Crippen LogP contribution < -0.4 is 10.2 Å². The number of halogens is 2. The first-order valence-corrected chi connectivity index (χ1v) is 8.41. The Balaban J connectivity index is 1.90. The Morgan fingerprint density at radius 2 is 2.18 bits per heavy atom. The summed E-state index contributed by atoms with van der Waals surface area (Å²) in [6.07, 6.45) is 0. The van der Waals surface area contributed by atoms with Crippen molar-refractivity contribution >= 4 is 28.8 Å². The number of hydrogen-bond acceptors (Lipinski definition) is 2. The van der Waals surface area contributed by atoms with Crippen molar-refractivity contribution in [2.24, 2.45) is 0 Å². The van der Waals surface area contributed by atoms with E-state index in [1.54, 1.807) is 23.5 Å². The molecular weight excluding hydrogens is 323 g/mol. The van der Waals surface area contributed by atoms with E-state index in [0.717, 1.165) is 16.3 Å². The molecule has 0 fully saturated rings. The molecule has 0 aliphatic heterocycles. The van der Waals surface area contributed by atoms with E-state index in [9.17, 15) is 9.18 Å². The van der Waals surface area contributed by atoms with E-state index in [4.69, 9.17) is 11.6 Å². The number of amides is 1. The van der Waals surface area contributed by atoms with Crippen molar-refractivity contribution in [3.05, 3.63) is 57.0 Å². The lowest BCUT2D eigenvalue weighted by molar-refractivity contribution is -0.904. The van der Waals surface area contributed by atoms with Crippen LogP contribution in [0, 0.1) is 5.82 Å². The SMILES string of the molecule is CC[NH+](CC(=O)NCc1cccs1)Cc1c(F)cccc1Cl. The molecule has 1 heterocycles. The highest BCUT2D eigenvalue weighted by Crippen LogP contribution is 2.17. The van der Waals surface area contributed by atoms with Crippen molar-refractivity contribution in [2.75, 3.05) is 13.1 Å². The number of benzene rings is 1. The first kappa shape index (κ1) is 16.9. The number of hydrogen-bond donors (Lipinski definition) is 2. The van der Waals surface area contributed by atoms with Crippen LogP contribution in [0.25, 0.3) is 0 Å². The van der Waals surface area contributed by atoms with Gasteiger partial charge in [0.15, 0.2) is 6.54 Å². The van der Waals surface area contributed by atoms with Gasteiger partial charge in [-0.15, -0.1) is 11.3 Å². The second kappa shape index (κ2) is 8.27. The lowest BCUT2D eigenvalue weighted by Gasteiger charge is -2.18. The molecule has 6 heteroatoms. The normalized spacial score (nSPS) is 12.1. The number of likely N-dealkylation sites (N-methyl/N-ethyl adjacent to an activating group) is 1. The number of carbonyl (C=O) groups is 1. The third-order valence-corrected chi connectivity index (χ3v) is 4.67. The molecule has 0 aliphatic carbocycles. The average molecular weight is 342 g/mol. The summed E-state index contributed by atoms with van der Waals surface area (Å²) in [5.74, 6) is -0.366. The fourth-order valence-electron chi connectivity index (χ4n) is 2.15. The Hall–Kier alpha value is -1.43. The van der Waals surface area contributed by atoms with E-state index >= 15 is 0 Å². The van der Waals surface area contributed by atoms with Crippen LogP contribution in [0.15, 0.2) is 35.7 Å². The first-order chi connectivity index (χ1) is 10.6. The van der Waals surface area contributed by atoms with E-state index in [0.29, 0.717) is 30.2 Å². The molecule has 1 atom stereocenters. The topological polar surface area (TPSA) is 33.5 Å². The van der Waals surface area contributed by atoms with E-state index in [1.165, 1.54) is 6.07 Å². The van der Waals surface area contributed by atoms with Crippen LogP contribution >= 0.6 is 22.9 Å². The monoisotopic (exact) mass is 341 g/mol. The Morgan fingerprint density at radius 1 is 1.36 bits per heavy atom. The van der Waals surface area contributed by atoms with Crippen molar-refractivity contribution < 1.29 is 14.1 Å². The quantitative estimate of drug-likeness (QED) is 0.796. The molecule has 0 bridgehead atoms. The second-order valence-electron chi connectivity index (χ2n) is 5.01. The maximum Gasteiger partial charge on any atom is 0.275 e. The first-order valence-electron chi connectivity index (χ1n) is 7.15. The van der Waals surface area contributed by atoms with Gasteiger partial charge in [0, 0.05) is 4.88 Å². The molecule has 2 rings (SSSR count). The molecule has 2 aromatic rings. The highest BCUT2D eigenvalue weighted by Gasteiger charge is 2.17. The molecule has 1 aromatic heterocycles. The summed E-state index contributed by atoms with van der Waals surface area (Å²) in [4.78, 5) is 14.1. The summed E-state index contributed by atoms with van der Waals surface area (Å²) < 4.78 is 13.8. The molecule has 1 amide bonds. The maximum absolute atomic E-state index is 13.8. The predicted molar refractivity (Wildman–Crippen MR) is 87.7 cm³/mol. The summed E-state index contributed by atoms with van der Waals surface area (Å²) in [5, 5.41) is 5.27. The molecule has 0 spiro atoms. The third kappa shape index (κ3) is 4.80. The Kier molecular flexibility index (Phi) is 6.36. The van der Waals surface area contributed by atoms with Crippen molar-refractivity contribution in [3.63, 3.8) is 0 Å². The van der Waals surface area contributed by atoms with Crippen molar-refractivity contribution in [3.8, 4) is 0 Å². The van der Waals surface area contributed by atoms with Gasteiger partial charge in [0.05, 0.1) is 23.7 Å². The van der Waals surface area contributed by atoms with Crippen LogP contribution in [0.2, 0.25) is 5.02 Å². The zero-order chi connectivity index (χ0) is 15.9. The minimum absolute atomic E-state index is 0.0438. The van der Waals surface area contributed by atoms with E-state index in [2.05, 4.69) is 5.32 Å².